The van der Waals surface area contributed by atoms with Crippen molar-refractivity contribution in [3.05, 3.63) is 42.4 Å². The van der Waals surface area contributed by atoms with Gasteiger partial charge in [0.15, 0.2) is 5.76 Å². The van der Waals surface area contributed by atoms with E-state index in [4.69, 9.17) is 4.42 Å². The van der Waals surface area contributed by atoms with E-state index in [1.165, 1.54) is 0 Å². The van der Waals surface area contributed by atoms with Gasteiger partial charge in [-0.15, -0.1) is 0 Å². The Kier molecular flexibility index (Phi) is 5.83. The fraction of sp³-hybridized carbons (Fsp3) is 0.474. The van der Waals surface area contributed by atoms with Crippen LogP contribution in [0.4, 0.5) is 0 Å². The van der Waals surface area contributed by atoms with Gasteiger partial charge in [-0.1, -0.05) is 30.3 Å². The topological polar surface area (TPSA) is 52.8 Å². The number of hydrogen-bond acceptors (Lipinski definition) is 5. The molecule has 1 aliphatic rings. The molecule has 1 saturated heterocycles. The van der Waals surface area contributed by atoms with Gasteiger partial charge in [-0.25, -0.2) is 4.98 Å². The van der Waals surface area contributed by atoms with Gasteiger partial charge in [0.2, 0.25) is 11.8 Å². The molecule has 1 fully saturated rings. The Morgan fingerprint density at radius 3 is 2.60 bits per heavy atom. The molecule has 0 saturated carbocycles. The van der Waals surface area contributed by atoms with Crippen LogP contribution in [0.15, 0.2) is 40.9 Å². The maximum atomic E-state index is 11.9. The number of carbonyl (C=O) groups excluding carboxylic acids is 1. The average molecular weight is 342 g/mol. The van der Waals surface area contributed by atoms with Crippen molar-refractivity contribution in [2.45, 2.75) is 13.0 Å². The summed E-state index contributed by atoms with van der Waals surface area (Å²) in [4.78, 5) is 22.5. The number of amides is 1. The van der Waals surface area contributed by atoms with Crippen LogP contribution in [0.1, 0.15) is 12.3 Å². The number of nitrogens with zero attached hydrogens (tertiary/aromatic N) is 4. The maximum Gasteiger partial charge on any atom is 0.236 e. The number of aromatic nitrogens is 1. The lowest BCUT2D eigenvalue weighted by molar-refractivity contribution is -0.129. The molecule has 6 heteroatoms. The molecule has 1 aromatic heterocycles. The van der Waals surface area contributed by atoms with Gasteiger partial charge in [-0.2, -0.15) is 0 Å². The third-order valence-electron chi connectivity index (χ3n) is 4.51. The molecular formula is C19H26N4O2. The summed E-state index contributed by atoms with van der Waals surface area (Å²) >= 11 is 0. The monoisotopic (exact) mass is 342 g/mol. The van der Waals surface area contributed by atoms with Gasteiger partial charge in [0.25, 0.3) is 0 Å². The number of rotatable bonds is 5. The third kappa shape index (κ3) is 4.90. The second-order valence-corrected chi connectivity index (χ2v) is 6.68. The molecule has 0 atom stereocenters. The van der Waals surface area contributed by atoms with Crippen molar-refractivity contribution in [3.63, 3.8) is 0 Å². The molecule has 1 aliphatic heterocycles. The fourth-order valence-corrected chi connectivity index (χ4v) is 2.98. The quantitative estimate of drug-likeness (QED) is 0.831. The van der Waals surface area contributed by atoms with E-state index in [0.717, 1.165) is 49.8 Å². The second-order valence-electron chi connectivity index (χ2n) is 6.68. The van der Waals surface area contributed by atoms with Crippen molar-refractivity contribution < 1.29 is 9.21 Å². The molecule has 0 spiro atoms. The molecule has 0 unspecified atom stereocenters. The van der Waals surface area contributed by atoms with Gasteiger partial charge in [0.05, 0.1) is 19.3 Å². The van der Waals surface area contributed by atoms with Gasteiger partial charge in [-0.05, 0) is 19.5 Å². The molecule has 3 rings (SSSR count). The summed E-state index contributed by atoms with van der Waals surface area (Å²) in [5, 5.41) is 0. The van der Waals surface area contributed by atoms with Crippen LogP contribution >= 0.6 is 0 Å². The Morgan fingerprint density at radius 1 is 1.12 bits per heavy atom. The first-order valence-corrected chi connectivity index (χ1v) is 8.77. The summed E-state index contributed by atoms with van der Waals surface area (Å²) in [6.45, 7) is 4.97. The average Bonchev–Trinajstić information content (AvgIpc) is 2.97. The number of benzene rings is 1. The minimum atomic E-state index is 0.161. The van der Waals surface area contributed by atoms with Crippen LogP contribution in [0.5, 0.6) is 0 Å². The highest BCUT2D eigenvalue weighted by Gasteiger charge is 2.19. The molecule has 134 valence electrons. The lowest BCUT2D eigenvalue weighted by Gasteiger charge is -2.22. The predicted octanol–water partition coefficient (Wildman–Crippen LogP) is 1.94. The minimum Gasteiger partial charge on any atom is -0.439 e. The van der Waals surface area contributed by atoms with Crippen LogP contribution in [0, 0.1) is 0 Å². The van der Waals surface area contributed by atoms with E-state index in [9.17, 15) is 4.79 Å². The molecule has 6 nitrogen and oxygen atoms in total. The lowest BCUT2D eigenvalue weighted by Crippen LogP contribution is -2.38. The molecular weight excluding hydrogens is 316 g/mol. The number of carbonyl (C=O) groups is 1. The highest BCUT2D eigenvalue weighted by atomic mass is 16.4. The van der Waals surface area contributed by atoms with Gasteiger partial charge in [0.1, 0.15) is 0 Å². The highest BCUT2D eigenvalue weighted by molar-refractivity contribution is 5.77. The van der Waals surface area contributed by atoms with Crippen LogP contribution in [-0.4, -0.2) is 72.4 Å². The summed E-state index contributed by atoms with van der Waals surface area (Å²) in [7, 11) is 3.61. The van der Waals surface area contributed by atoms with E-state index in [1.54, 1.807) is 25.2 Å². The van der Waals surface area contributed by atoms with Crippen molar-refractivity contribution in [3.8, 4) is 11.3 Å². The summed E-state index contributed by atoms with van der Waals surface area (Å²) in [6.07, 6.45) is 2.84. The van der Waals surface area contributed by atoms with Crippen LogP contribution in [0.2, 0.25) is 0 Å². The first kappa shape index (κ1) is 17.6. The molecule has 25 heavy (non-hydrogen) atoms. The Morgan fingerprint density at radius 2 is 1.84 bits per heavy atom. The zero-order valence-electron chi connectivity index (χ0n) is 15.0. The summed E-state index contributed by atoms with van der Waals surface area (Å²) in [6, 6.07) is 10.0. The van der Waals surface area contributed by atoms with Crippen molar-refractivity contribution in [1.82, 2.24) is 19.7 Å². The molecule has 0 N–H and O–H groups in total. The number of hydrogen-bond donors (Lipinski definition) is 0. The van der Waals surface area contributed by atoms with Crippen LogP contribution < -0.4 is 0 Å². The molecule has 1 aromatic carbocycles. The normalized spacial score (nSPS) is 16.6. The molecule has 2 aromatic rings. The summed E-state index contributed by atoms with van der Waals surface area (Å²) in [5.74, 6) is 1.72. The zero-order chi connectivity index (χ0) is 17.6. The Hall–Kier alpha value is -2.18. The van der Waals surface area contributed by atoms with Gasteiger partial charge >= 0.3 is 0 Å². The van der Waals surface area contributed by atoms with Crippen molar-refractivity contribution >= 4 is 5.91 Å². The number of likely N-dealkylation sites (N-methyl/N-ethyl adjacent to an activating group) is 1. The zero-order valence-corrected chi connectivity index (χ0v) is 15.0. The molecule has 0 bridgehead atoms. The van der Waals surface area contributed by atoms with E-state index in [-0.39, 0.29) is 5.91 Å². The van der Waals surface area contributed by atoms with E-state index in [0.29, 0.717) is 13.1 Å². The van der Waals surface area contributed by atoms with Crippen molar-refractivity contribution in [2.24, 2.45) is 0 Å². The SMILES string of the molecule is CN(C)C(=O)CN1CCCN(Cc2ncc(-c3ccccc3)o2)CC1. The smallest absolute Gasteiger partial charge is 0.236 e. The Labute approximate surface area is 149 Å². The minimum absolute atomic E-state index is 0.161. The maximum absolute atomic E-state index is 11.9. The fourth-order valence-electron chi connectivity index (χ4n) is 2.98. The van der Waals surface area contributed by atoms with Gasteiger partial charge in [0, 0.05) is 32.7 Å². The second kappa shape index (κ2) is 8.27. The Balaban J connectivity index is 1.54. The van der Waals surface area contributed by atoms with Crippen molar-refractivity contribution in [1.29, 1.82) is 0 Å². The predicted molar refractivity (Wildman–Crippen MR) is 97.0 cm³/mol. The molecule has 2 heterocycles. The number of oxazole rings is 1. The lowest BCUT2D eigenvalue weighted by atomic mass is 10.2. The Bertz CT molecular complexity index is 684. The van der Waals surface area contributed by atoms with Crippen LogP contribution in [0.3, 0.4) is 0 Å². The third-order valence-corrected chi connectivity index (χ3v) is 4.51. The van der Waals surface area contributed by atoms with Gasteiger partial charge < -0.3 is 9.32 Å². The largest absolute Gasteiger partial charge is 0.439 e. The van der Waals surface area contributed by atoms with E-state index < -0.39 is 0 Å². The van der Waals surface area contributed by atoms with E-state index in [1.807, 2.05) is 30.3 Å². The van der Waals surface area contributed by atoms with E-state index >= 15 is 0 Å². The molecule has 0 radical (unpaired) electrons. The molecule has 0 aliphatic carbocycles. The summed E-state index contributed by atoms with van der Waals surface area (Å²) in [5.41, 5.74) is 1.05. The summed E-state index contributed by atoms with van der Waals surface area (Å²) < 4.78 is 5.91. The van der Waals surface area contributed by atoms with Crippen LogP contribution in [-0.2, 0) is 11.3 Å². The first-order valence-electron chi connectivity index (χ1n) is 8.77. The van der Waals surface area contributed by atoms with Crippen molar-refractivity contribution in [2.75, 3.05) is 46.8 Å². The van der Waals surface area contributed by atoms with E-state index in [2.05, 4.69) is 14.8 Å². The molecule has 1 amide bonds. The van der Waals surface area contributed by atoms with Crippen LogP contribution in [0.25, 0.3) is 11.3 Å². The standard InChI is InChI=1S/C19H26N4O2/c1-21(2)19(24)15-23-10-6-9-22(11-12-23)14-18-20-13-17(25-18)16-7-4-3-5-8-16/h3-5,7-8,13H,6,9-12,14-15H2,1-2H3. The van der Waals surface area contributed by atoms with Gasteiger partial charge in [-0.3, -0.25) is 14.6 Å². The highest BCUT2D eigenvalue weighted by Crippen LogP contribution is 2.20. The first-order chi connectivity index (χ1) is 12.1.